The highest BCUT2D eigenvalue weighted by Crippen LogP contribution is 2.29. The number of benzene rings is 1. The number of aryl methyl sites for hydroxylation is 2. The Morgan fingerprint density at radius 1 is 1.18 bits per heavy atom. The van der Waals surface area contributed by atoms with Crippen LogP contribution in [0.4, 0.5) is 4.39 Å². The SMILES string of the molecule is Cc1nc(CCC2N=C3c4cccnc4C=CN3C2C)nc2cc(F)ccc12. The van der Waals surface area contributed by atoms with Crippen molar-refractivity contribution in [3.8, 4) is 0 Å². The molecule has 0 radical (unpaired) electrons. The molecule has 2 aromatic heterocycles. The van der Waals surface area contributed by atoms with Crippen LogP contribution in [0, 0.1) is 12.7 Å². The second kappa shape index (κ2) is 6.48. The van der Waals surface area contributed by atoms with E-state index < -0.39 is 0 Å². The molecule has 0 amide bonds. The highest BCUT2D eigenvalue weighted by Gasteiger charge is 2.34. The van der Waals surface area contributed by atoms with Crippen molar-refractivity contribution in [2.75, 3.05) is 0 Å². The topological polar surface area (TPSA) is 54.3 Å². The second-order valence-corrected chi connectivity index (χ2v) is 7.35. The van der Waals surface area contributed by atoms with Crippen molar-refractivity contribution in [2.45, 2.75) is 38.8 Å². The van der Waals surface area contributed by atoms with Crippen molar-refractivity contribution in [3.05, 3.63) is 71.3 Å². The molecular weight excluding hydrogens is 353 g/mol. The van der Waals surface area contributed by atoms with E-state index in [0.29, 0.717) is 11.9 Å². The summed E-state index contributed by atoms with van der Waals surface area (Å²) in [7, 11) is 0. The molecule has 0 saturated carbocycles. The predicted octanol–water partition coefficient (Wildman–Crippen LogP) is 3.91. The van der Waals surface area contributed by atoms with Gasteiger partial charge in [0.25, 0.3) is 0 Å². The third-order valence-corrected chi connectivity index (χ3v) is 5.56. The maximum atomic E-state index is 13.6. The van der Waals surface area contributed by atoms with Crippen molar-refractivity contribution in [1.82, 2.24) is 19.9 Å². The lowest BCUT2D eigenvalue weighted by atomic mass is 10.0. The van der Waals surface area contributed by atoms with E-state index in [0.717, 1.165) is 40.4 Å². The predicted molar refractivity (Wildman–Crippen MR) is 107 cm³/mol. The Kier molecular flexibility index (Phi) is 3.93. The first-order valence-corrected chi connectivity index (χ1v) is 9.52. The molecule has 3 aromatic rings. The van der Waals surface area contributed by atoms with E-state index in [-0.39, 0.29) is 17.9 Å². The van der Waals surface area contributed by atoms with Gasteiger partial charge in [0.15, 0.2) is 0 Å². The van der Waals surface area contributed by atoms with E-state index in [1.807, 2.05) is 19.1 Å². The third kappa shape index (κ3) is 2.76. The van der Waals surface area contributed by atoms with Gasteiger partial charge < -0.3 is 4.90 Å². The number of nitrogens with zero attached hydrogens (tertiary/aromatic N) is 5. The second-order valence-electron chi connectivity index (χ2n) is 7.35. The normalized spacial score (nSPS) is 20.2. The number of amidine groups is 1. The summed E-state index contributed by atoms with van der Waals surface area (Å²) >= 11 is 0. The largest absolute Gasteiger partial charge is 0.328 e. The third-order valence-electron chi connectivity index (χ3n) is 5.56. The summed E-state index contributed by atoms with van der Waals surface area (Å²) in [6, 6.07) is 9.09. The minimum Gasteiger partial charge on any atom is -0.328 e. The van der Waals surface area contributed by atoms with Crippen molar-refractivity contribution >= 4 is 22.8 Å². The number of hydrogen-bond donors (Lipinski definition) is 0. The van der Waals surface area contributed by atoms with E-state index >= 15 is 0 Å². The van der Waals surface area contributed by atoms with Crippen LogP contribution in [0.3, 0.4) is 0 Å². The van der Waals surface area contributed by atoms with Crippen LogP contribution in [-0.4, -0.2) is 37.8 Å². The van der Waals surface area contributed by atoms with Gasteiger partial charge >= 0.3 is 0 Å². The molecule has 0 bridgehead atoms. The van der Waals surface area contributed by atoms with Crippen LogP contribution in [0.15, 0.2) is 47.7 Å². The molecule has 28 heavy (non-hydrogen) atoms. The first-order chi connectivity index (χ1) is 13.6. The van der Waals surface area contributed by atoms with Gasteiger partial charge in [0.05, 0.1) is 23.3 Å². The summed E-state index contributed by atoms with van der Waals surface area (Å²) in [5.41, 5.74) is 3.58. The maximum absolute atomic E-state index is 13.6. The van der Waals surface area contributed by atoms with Gasteiger partial charge in [-0.25, -0.2) is 14.4 Å². The van der Waals surface area contributed by atoms with Crippen LogP contribution >= 0.6 is 0 Å². The summed E-state index contributed by atoms with van der Waals surface area (Å²) in [5, 5.41) is 0.894. The van der Waals surface area contributed by atoms with Crippen LogP contribution in [0.5, 0.6) is 0 Å². The van der Waals surface area contributed by atoms with Gasteiger partial charge in [-0.3, -0.25) is 9.98 Å². The molecule has 140 valence electrons. The summed E-state index contributed by atoms with van der Waals surface area (Å²) in [6.07, 6.45) is 7.45. The van der Waals surface area contributed by atoms with E-state index in [9.17, 15) is 4.39 Å². The molecule has 5 nitrogen and oxygen atoms in total. The first kappa shape index (κ1) is 17.0. The quantitative estimate of drug-likeness (QED) is 0.699. The molecule has 0 N–H and O–H groups in total. The lowest BCUT2D eigenvalue weighted by Crippen LogP contribution is -2.35. The molecule has 5 rings (SSSR count). The number of fused-ring (bicyclic) bond motifs is 4. The van der Waals surface area contributed by atoms with Crippen LogP contribution in [0.2, 0.25) is 0 Å². The number of aliphatic imine (C=N–C) groups is 1. The lowest BCUT2D eigenvalue weighted by molar-refractivity contribution is 0.391. The highest BCUT2D eigenvalue weighted by atomic mass is 19.1. The molecular formula is C22H20FN5. The average molecular weight is 373 g/mol. The molecule has 6 heteroatoms. The van der Waals surface area contributed by atoms with Crippen molar-refractivity contribution < 1.29 is 4.39 Å². The lowest BCUT2D eigenvalue weighted by Gasteiger charge is -2.27. The number of pyridine rings is 1. The van der Waals surface area contributed by atoms with Gasteiger partial charge in [-0.05, 0) is 50.6 Å². The molecule has 2 aliphatic heterocycles. The van der Waals surface area contributed by atoms with Crippen LogP contribution < -0.4 is 0 Å². The Hall–Kier alpha value is -3.15. The monoisotopic (exact) mass is 373 g/mol. The summed E-state index contributed by atoms with van der Waals surface area (Å²) in [4.78, 5) is 20.8. The molecule has 4 heterocycles. The van der Waals surface area contributed by atoms with Crippen molar-refractivity contribution in [1.29, 1.82) is 0 Å². The molecule has 0 spiro atoms. The summed E-state index contributed by atoms with van der Waals surface area (Å²) in [6.45, 7) is 4.13. The highest BCUT2D eigenvalue weighted by molar-refractivity contribution is 6.05. The zero-order valence-electron chi connectivity index (χ0n) is 15.8. The summed E-state index contributed by atoms with van der Waals surface area (Å²) in [5.74, 6) is 1.45. The number of halogens is 1. The first-order valence-electron chi connectivity index (χ1n) is 9.52. The van der Waals surface area contributed by atoms with E-state index in [2.05, 4.69) is 39.0 Å². The molecule has 0 aliphatic carbocycles. The minimum atomic E-state index is -0.275. The Balaban J connectivity index is 1.40. The molecule has 0 saturated heterocycles. The van der Waals surface area contributed by atoms with Crippen molar-refractivity contribution in [2.24, 2.45) is 4.99 Å². The molecule has 2 unspecified atom stereocenters. The fraction of sp³-hybridized carbons (Fsp3) is 0.273. The Morgan fingerprint density at radius 2 is 2.07 bits per heavy atom. The molecule has 0 fully saturated rings. The van der Waals surface area contributed by atoms with Crippen LogP contribution in [-0.2, 0) is 6.42 Å². The van der Waals surface area contributed by atoms with Gasteiger partial charge in [-0.15, -0.1) is 0 Å². The van der Waals surface area contributed by atoms with Crippen LogP contribution in [0.25, 0.3) is 17.0 Å². The van der Waals surface area contributed by atoms with Gasteiger partial charge in [-0.1, -0.05) is 0 Å². The molecule has 2 atom stereocenters. The minimum absolute atomic E-state index is 0.151. The van der Waals surface area contributed by atoms with Gasteiger partial charge in [0.2, 0.25) is 0 Å². The number of aromatic nitrogens is 3. The van der Waals surface area contributed by atoms with E-state index in [4.69, 9.17) is 4.99 Å². The Morgan fingerprint density at radius 3 is 2.96 bits per heavy atom. The molecule has 2 aliphatic rings. The zero-order valence-corrected chi connectivity index (χ0v) is 15.8. The van der Waals surface area contributed by atoms with E-state index in [1.54, 1.807) is 12.3 Å². The standard InChI is InChI=1S/C22H20FN5/c1-13-16-6-5-15(23)12-20(16)26-21(25-13)8-7-18-14(2)28-11-9-19-17(22(28)27-18)4-3-10-24-19/h3-6,9-12,14,18H,7-8H2,1-2H3. The Bertz CT molecular complexity index is 1140. The smallest absolute Gasteiger partial charge is 0.137 e. The molecule has 1 aromatic carbocycles. The summed E-state index contributed by atoms with van der Waals surface area (Å²) < 4.78 is 13.6. The average Bonchev–Trinajstić information content (AvgIpc) is 3.02. The van der Waals surface area contributed by atoms with Gasteiger partial charge in [0.1, 0.15) is 17.5 Å². The zero-order chi connectivity index (χ0) is 19.3. The number of rotatable bonds is 3. The fourth-order valence-electron chi connectivity index (χ4n) is 4.03. The van der Waals surface area contributed by atoms with E-state index in [1.165, 1.54) is 12.1 Å². The maximum Gasteiger partial charge on any atom is 0.137 e. The van der Waals surface area contributed by atoms with Gasteiger partial charge in [-0.2, -0.15) is 0 Å². The van der Waals surface area contributed by atoms with Crippen molar-refractivity contribution in [3.63, 3.8) is 0 Å². The Labute approximate surface area is 162 Å². The number of hydrogen-bond acceptors (Lipinski definition) is 5. The van der Waals surface area contributed by atoms with Gasteiger partial charge in [0, 0.05) is 41.5 Å². The fourth-order valence-corrected chi connectivity index (χ4v) is 4.03. The van der Waals surface area contributed by atoms with Crippen LogP contribution in [0.1, 0.15) is 36.1 Å².